The maximum absolute atomic E-state index is 6.02. The van der Waals surface area contributed by atoms with Gasteiger partial charge in [0.1, 0.15) is 5.75 Å². The van der Waals surface area contributed by atoms with Crippen molar-refractivity contribution >= 4 is 24.6 Å². The molecule has 1 aromatic heterocycles. The minimum Gasteiger partial charge on any atom is -0.470 e. The van der Waals surface area contributed by atoms with Crippen LogP contribution in [0.5, 0.6) is 5.75 Å². The average molecular weight is 341 g/mol. The van der Waals surface area contributed by atoms with Gasteiger partial charge in [-0.15, -0.1) is 12.4 Å². The van der Waals surface area contributed by atoms with Gasteiger partial charge in [-0.1, -0.05) is 61.5 Å². The zero-order valence-corrected chi connectivity index (χ0v) is 14.4. The third-order valence-corrected chi connectivity index (χ3v) is 3.63. The lowest BCUT2D eigenvalue weighted by molar-refractivity contribution is 0.127. The Labute approximate surface area is 149 Å². The molecule has 0 fully saturated rings. The number of hydrogen-bond acceptors (Lipinski definition) is 2. The Kier molecular flexibility index (Phi) is 6.64. The van der Waals surface area contributed by atoms with E-state index in [0.29, 0.717) is 0 Å². The summed E-state index contributed by atoms with van der Waals surface area (Å²) < 4.78 is 8.00. The third-order valence-electron chi connectivity index (χ3n) is 3.63. The van der Waals surface area contributed by atoms with Gasteiger partial charge >= 0.3 is 0 Å². The second-order valence-electron chi connectivity index (χ2n) is 5.30. The number of ether oxygens (including phenoxy) is 1. The summed E-state index contributed by atoms with van der Waals surface area (Å²) in [7, 11) is 0. The summed E-state index contributed by atoms with van der Waals surface area (Å²) in [5.74, 6) is 0.863. The summed E-state index contributed by atoms with van der Waals surface area (Å²) in [5.41, 5.74) is 2.34. The van der Waals surface area contributed by atoms with Crippen molar-refractivity contribution in [3.8, 4) is 5.75 Å². The number of benzene rings is 2. The molecule has 0 saturated carbocycles. The fourth-order valence-corrected chi connectivity index (χ4v) is 2.37. The number of aromatic nitrogens is 2. The first-order chi connectivity index (χ1) is 11.3. The van der Waals surface area contributed by atoms with Crippen LogP contribution in [0.1, 0.15) is 30.7 Å². The predicted octanol–water partition coefficient (Wildman–Crippen LogP) is 5.46. The monoisotopic (exact) mass is 340 g/mol. The van der Waals surface area contributed by atoms with E-state index in [1.54, 1.807) is 12.5 Å². The Balaban J connectivity index is 0.00000208. The van der Waals surface area contributed by atoms with Crippen LogP contribution in [-0.2, 0) is 0 Å². The number of imidazole rings is 1. The smallest absolute Gasteiger partial charge is 0.176 e. The highest BCUT2D eigenvalue weighted by Crippen LogP contribution is 2.21. The maximum Gasteiger partial charge on any atom is 0.176 e. The van der Waals surface area contributed by atoms with Crippen molar-refractivity contribution in [3.05, 3.63) is 84.4 Å². The van der Waals surface area contributed by atoms with E-state index in [-0.39, 0.29) is 18.6 Å². The highest BCUT2D eigenvalue weighted by atomic mass is 35.5. The van der Waals surface area contributed by atoms with Gasteiger partial charge in [0, 0.05) is 18.8 Å². The first-order valence-electron chi connectivity index (χ1n) is 7.82. The molecule has 0 N–H and O–H groups in total. The van der Waals surface area contributed by atoms with Crippen LogP contribution in [0.2, 0.25) is 0 Å². The number of hydrogen-bond donors (Lipinski definition) is 0. The van der Waals surface area contributed by atoms with Crippen molar-refractivity contribution in [2.45, 2.75) is 19.6 Å². The van der Waals surface area contributed by atoms with Crippen molar-refractivity contribution in [1.29, 1.82) is 0 Å². The third kappa shape index (κ3) is 4.74. The van der Waals surface area contributed by atoms with Gasteiger partial charge < -0.3 is 9.30 Å². The molecule has 1 unspecified atom stereocenters. The van der Waals surface area contributed by atoms with Gasteiger partial charge in [0.15, 0.2) is 6.23 Å². The molecule has 3 nitrogen and oxygen atoms in total. The Morgan fingerprint density at radius 1 is 1.00 bits per heavy atom. The number of nitrogens with zero attached hydrogens (tertiary/aromatic N) is 2. The van der Waals surface area contributed by atoms with Gasteiger partial charge in [-0.2, -0.15) is 0 Å². The first-order valence-corrected chi connectivity index (χ1v) is 7.82. The van der Waals surface area contributed by atoms with Crippen molar-refractivity contribution < 1.29 is 4.74 Å². The Hall–Kier alpha value is -2.52. The molecule has 4 heteroatoms. The van der Waals surface area contributed by atoms with E-state index in [2.05, 4.69) is 48.3 Å². The van der Waals surface area contributed by atoms with E-state index in [0.717, 1.165) is 17.7 Å². The summed E-state index contributed by atoms with van der Waals surface area (Å²) in [4.78, 5) is 4.07. The molecule has 0 saturated heterocycles. The molecule has 1 atom stereocenters. The fourth-order valence-electron chi connectivity index (χ4n) is 2.37. The van der Waals surface area contributed by atoms with Crippen LogP contribution in [0.25, 0.3) is 12.2 Å². The number of rotatable bonds is 6. The summed E-state index contributed by atoms with van der Waals surface area (Å²) in [5, 5.41) is 0. The Bertz CT molecular complexity index is 737. The first kappa shape index (κ1) is 17.8. The van der Waals surface area contributed by atoms with Crippen LogP contribution in [0.4, 0.5) is 0 Å². The summed E-state index contributed by atoms with van der Waals surface area (Å²) in [6.07, 6.45) is 10.5. The van der Waals surface area contributed by atoms with Crippen LogP contribution in [0.3, 0.4) is 0 Å². The molecule has 24 heavy (non-hydrogen) atoms. The molecule has 0 amide bonds. The average Bonchev–Trinajstić information content (AvgIpc) is 3.14. The number of halogens is 1. The zero-order valence-electron chi connectivity index (χ0n) is 13.6. The minimum atomic E-state index is -0.0248. The van der Waals surface area contributed by atoms with E-state index < -0.39 is 0 Å². The van der Waals surface area contributed by atoms with Gasteiger partial charge in [-0.05, 0) is 23.3 Å². The molecule has 0 aliphatic heterocycles. The van der Waals surface area contributed by atoms with Crippen LogP contribution in [0, 0.1) is 0 Å². The van der Waals surface area contributed by atoms with Crippen molar-refractivity contribution in [2.24, 2.45) is 0 Å². The Morgan fingerprint density at radius 3 is 2.25 bits per heavy atom. The second kappa shape index (κ2) is 8.94. The second-order valence-corrected chi connectivity index (χ2v) is 5.30. The summed E-state index contributed by atoms with van der Waals surface area (Å²) in [6, 6.07) is 18.4. The van der Waals surface area contributed by atoms with Crippen LogP contribution < -0.4 is 4.74 Å². The van der Waals surface area contributed by atoms with Gasteiger partial charge in [0.25, 0.3) is 0 Å². The van der Waals surface area contributed by atoms with Gasteiger partial charge in [0.05, 0.1) is 6.33 Å². The van der Waals surface area contributed by atoms with Crippen molar-refractivity contribution in [2.75, 3.05) is 0 Å². The van der Waals surface area contributed by atoms with Gasteiger partial charge in [-0.3, -0.25) is 0 Å². The molecule has 1 heterocycles. The van der Waals surface area contributed by atoms with E-state index in [1.165, 1.54) is 5.56 Å². The molecule has 0 bridgehead atoms. The van der Waals surface area contributed by atoms with E-state index in [9.17, 15) is 0 Å². The Morgan fingerprint density at radius 2 is 1.67 bits per heavy atom. The largest absolute Gasteiger partial charge is 0.470 e. The SMILES string of the molecule is CCC(Oc1ccc(/C=C/c2ccccc2)cc1)n1ccnc1.Cl. The molecule has 2 aromatic carbocycles. The van der Waals surface area contributed by atoms with Gasteiger partial charge in [-0.25, -0.2) is 4.98 Å². The van der Waals surface area contributed by atoms with Crippen LogP contribution in [-0.4, -0.2) is 9.55 Å². The lowest BCUT2D eigenvalue weighted by Gasteiger charge is -2.18. The van der Waals surface area contributed by atoms with Crippen LogP contribution in [0.15, 0.2) is 73.3 Å². The highest BCUT2D eigenvalue weighted by molar-refractivity contribution is 5.85. The topological polar surface area (TPSA) is 27.1 Å². The normalized spacial score (nSPS) is 11.9. The molecule has 124 valence electrons. The van der Waals surface area contributed by atoms with E-state index in [1.807, 2.05) is 41.1 Å². The molecular formula is C20H21ClN2O. The quantitative estimate of drug-likeness (QED) is 0.557. The summed E-state index contributed by atoms with van der Waals surface area (Å²) in [6.45, 7) is 2.10. The lowest BCUT2D eigenvalue weighted by atomic mass is 10.1. The molecular weight excluding hydrogens is 320 g/mol. The molecule has 0 spiro atoms. The molecule has 0 radical (unpaired) electrons. The molecule has 0 aliphatic rings. The van der Waals surface area contributed by atoms with Crippen LogP contribution >= 0.6 is 12.4 Å². The molecule has 0 aliphatic carbocycles. The maximum atomic E-state index is 6.02. The van der Waals surface area contributed by atoms with E-state index in [4.69, 9.17) is 4.74 Å². The summed E-state index contributed by atoms with van der Waals surface area (Å²) >= 11 is 0. The fraction of sp³-hybridized carbons (Fsp3) is 0.150. The standard InChI is InChI=1S/C20H20N2O.ClH/c1-2-20(22-15-14-21-16-22)23-19-12-10-18(11-13-19)9-8-17-6-4-3-5-7-17;/h3-16,20H,2H2,1H3;1H/b9-8+;. The van der Waals surface area contributed by atoms with Crippen molar-refractivity contribution in [1.82, 2.24) is 9.55 Å². The molecule has 3 rings (SSSR count). The van der Waals surface area contributed by atoms with Crippen molar-refractivity contribution in [3.63, 3.8) is 0 Å². The zero-order chi connectivity index (χ0) is 15.9. The lowest BCUT2D eigenvalue weighted by Crippen LogP contribution is -2.13. The minimum absolute atomic E-state index is 0. The predicted molar refractivity (Wildman–Crippen MR) is 101 cm³/mol. The van der Waals surface area contributed by atoms with Gasteiger partial charge in [0.2, 0.25) is 0 Å². The molecule has 3 aromatic rings. The van der Waals surface area contributed by atoms with E-state index >= 15 is 0 Å². The highest BCUT2D eigenvalue weighted by Gasteiger charge is 2.09.